The largest absolute Gasteiger partial charge is 1.00 e. The van der Waals surface area contributed by atoms with E-state index in [4.69, 9.17) is 0 Å². The second-order valence-electron chi connectivity index (χ2n) is 2.32. The number of carbonyl (C=O) groups is 1. The number of rotatable bonds is 5. The van der Waals surface area contributed by atoms with Crippen LogP contribution in [0.1, 0.15) is 19.8 Å². The van der Waals surface area contributed by atoms with E-state index in [1.807, 2.05) is 0 Å². The maximum atomic E-state index is 10.7. The first-order valence-electron chi connectivity index (χ1n) is 3.70. The SMILES string of the molecule is C/C=C/OC(=O)CCCS(=O)(=O)[O-].[K+]. The van der Waals surface area contributed by atoms with Gasteiger partial charge in [-0.05, 0) is 13.3 Å². The van der Waals surface area contributed by atoms with E-state index in [2.05, 4.69) is 4.74 Å². The van der Waals surface area contributed by atoms with Crippen LogP contribution in [0.2, 0.25) is 0 Å². The monoisotopic (exact) mass is 246 g/mol. The Hall–Kier alpha value is 0.756. The van der Waals surface area contributed by atoms with Crippen LogP contribution >= 0.6 is 0 Å². The van der Waals surface area contributed by atoms with Crippen LogP contribution in [0.5, 0.6) is 0 Å². The molecule has 5 nitrogen and oxygen atoms in total. The molecule has 0 saturated heterocycles. The van der Waals surface area contributed by atoms with Crippen molar-refractivity contribution in [2.75, 3.05) is 5.75 Å². The van der Waals surface area contributed by atoms with Gasteiger partial charge in [0.05, 0.1) is 16.4 Å². The predicted molar refractivity (Wildman–Crippen MR) is 44.7 cm³/mol. The van der Waals surface area contributed by atoms with Gasteiger partial charge >= 0.3 is 57.4 Å². The molecule has 0 atom stereocenters. The van der Waals surface area contributed by atoms with E-state index in [0.29, 0.717) is 0 Å². The fourth-order valence-corrected chi connectivity index (χ4v) is 1.09. The zero-order valence-corrected chi connectivity index (χ0v) is 12.2. The van der Waals surface area contributed by atoms with Gasteiger partial charge in [0.2, 0.25) is 0 Å². The average molecular weight is 246 g/mol. The third kappa shape index (κ3) is 12.8. The summed E-state index contributed by atoms with van der Waals surface area (Å²) in [5, 5.41) is 0. The summed E-state index contributed by atoms with van der Waals surface area (Å²) in [6.45, 7) is 1.68. The Morgan fingerprint density at radius 2 is 2.07 bits per heavy atom. The van der Waals surface area contributed by atoms with E-state index in [-0.39, 0.29) is 64.2 Å². The van der Waals surface area contributed by atoms with Crippen LogP contribution in [0.15, 0.2) is 12.3 Å². The van der Waals surface area contributed by atoms with Crippen LogP contribution in [0.4, 0.5) is 0 Å². The van der Waals surface area contributed by atoms with Gasteiger partial charge < -0.3 is 9.29 Å². The van der Waals surface area contributed by atoms with E-state index < -0.39 is 21.8 Å². The number of carbonyl (C=O) groups excluding carboxylic acids is 1. The van der Waals surface area contributed by atoms with Crippen molar-refractivity contribution in [3.05, 3.63) is 12.3 Å². The molecule has 0 aliphatic rings. The van der Waals surface area contributed by atoms with Crippen molar-refractivity contribution >= 4 is 16.1 Å². The second-order valence-corrected chi connectivity index (χ2v) is 3.85. The Morgan fingerprint density at radius 1 is 1.50 bits per heavy atom. The molecule has 0 aromatic carbocycles. The first-order valence-corrected chi connectivity index (χ1v) is 5.27. The molecule has 0 fully saturated rings. The number of allylic oxidation sites excluding steroid dienone is 1. The zero-order chi connectivity index (χ0) is 10.3. The number of ether oxygens (including phenoxy) is 1. The summed E-state index contributed by atoms with van der Waals surface area (Å²) in [7, 11) is -4.22. The smallest absolute Gasteiger partial charge is 0.748 e. The summed E-state index contributed by atoms with van der Waals surface area (Å²) in [5.41, 5.74) is 0. The van der Waals surface area contributed by atoms with Crippen LogP contribution in [-0.4, -0.2) is 24.7 Å². The standard InChI is InChI=1S/C7H12O5S.K/c1-2-5-12-7(8)4-3-6-13(9,10)11;/h2,5H,3-4,6H2,1H3,(H,9,10,11);/q;+1/p-1/b5-2+;. The predicted octanol–water partition coefficient (Wildman–Crippen LogP) is -2.61. The van der Waals surface area contributed by atoms with Crippen LogP contribution in [0.3, 0.4) is 0 Å². The number of hydrogen-bond donors (Lipinski definition) is 0. The van der Waals surface area contributed by atoms with Crippen molar-refractivity contribution in [1.29, 1.82) is 0 Å². The minimum absolute atomic E-state index is 0. The van der Waals surface area contributed by atoms with E-state index >= 15 is 0 Å². The molecule has 7 heteroatoms. The molecular weight excluding hydrogens is 235 g/mol. The van der Waals surface area contributed by atoms with Crippen LogP contribution < -0.4 is 51.4 Å². The van der Waals surface area contributed by atoms with Gasteiger partial charge in [0.1, 0.15) is 0 Å². The second kappa shape index (κ2) is 9.02. The normalized spacial score (nSPS) is 11.0. The summed E-state index contributed by atoms with van der Waals surface area (Å²) in [6, 6.07) is 0. The molecule has 0 heterocycles. The first kappa shape index (κ1) is 17.2. The van der Waals surface area contributed by atoms with Crippen molar-refractivity contribution in [2.24, 2.45) is 0 Å². The molecule has 0 N–H and O–H groups in total. The number of esters is 1. The molecule has 0 rings (SSSR count). The van der Waals surface area contributed by atoms with Gasteiger partial charge in [0, 0.05) is 12.2 Å². The van der Waals surface area contributed by atoms with Gasteiger partial charge in [-0.3, -0.25) is 4.79 Å². The molecular formula is C7H11KO5S. The third-order valence-corrected chi connectivity index (χ3v) is 1.90. The topological polar surface area (TPSA) is 83.5 Å². The van der Waals surface area contributed by atoms with Gasteiger partial charge in [-0.25, -0.2) is 8.42 Å². The van der Waals surface area contributed by atoms with Gasteiger partial charge in [-0.15, -0.1) is 0 Å². The molecule has 0 unspecified atom stereocenters. The van der Waals surface area contributed by atoms with E-state index in [1.165, 1.54) is 12.3 Å². The summed E-state index contributed by atoms with van der Waals surface area (Å²) in [6.07, 6.45) is 2.67. The average Bonchev–Trinajstić information content (AvgIpc) is 1.98. The van der Waals surface area contributed by atoms with Crippen LogP contribution in [0, 0.1) is 0 Å². The fourth-order valence-electron chi connectivity index (χ4n) is 0.596. The van der Waals surface area contributed by atoms with Gasteiger partial charge in [-0.2, -0.15) is 0 Å². The molecule has 0 saturated carbocycles. The van der Waals surface area contributed by atoms with Gasteiger partial charge in [-0.1, -0.05) is 6.08 Å². The Balaban J connectivity index is 0. The van der Waals surface area contributed by atoms with Crippen molar-refractivity contribution in [2.45, 2.75) is 19.8 Å². The fraction of sp³-hybridized carbons (Fsp3) is 0.571. The maximum Gasteiger partial charge on any atom is 1.00 e. The first-order chi connectivity index (χ1) is 5.95. The molecule has 0 aliphatic carbocycles. The molecule has 0 aromatic heterocycles. The quantitative estimate of drug-likeness (QED) is 0.230. The van der Waals surface area contributed by atoms with Gasteiger partial charge in [0.15, 0.2) is 0 Å². The molecule has 0 aliphatic heterocycles. The van der Waals surface area contributed by atoms with Gasteiger partial charge in [0.25, 0.3) is 0 Å². The summed E-state index contributed by atoms with van der Waals surface area (Å²) < 4.78 is 34.8. The summed E-state index contributed by atoms with van der Waals surface area (Å²) >= 11 is 0. The zero-order valence-electron chi connectivity index (χ0n) is 8.23. The minimum atomic E-state index is -4.22. The molecule has 0 bridgehead atoms. The Bertz CT molecular complexity index is 282. The molecule has 76 valence electrons. The van der Waals surface area contributed by atoms with E-state index in [0.717, 1.165) is 0 Å². The van der Waals surface area contributed by atoms with Crippen molar-refractivity contribution in [3.63, 3.8) is 0 Å². The van der Waals surface area contributed by atoms with E-state index in [1.54, 1.807) is 6.92 Å². The van der Waals surface area contributed by atoms with Crippen molar-refractivity contribution in [3.8, 4) is 0 Å². The molecule has 0 radical (unpaired) electrons. The van der Waals surface area contributed by atoms with Crippen LogP contribution in [-0.2, 0) is 19.6 Å². The van der Waals surface area contributed by atoms with Crippen molar-refractivity contribution in [1.82, 2.24) is 0 Å². The molecule has 0 spiro atoms. The third-order valence-electron chi connectivity index (χ3n) is 1.11. The Morgan fingerprint density at radius 3 is 2.50 bits per heavy atom. The number of hydrogen-bond acceptors (Lipinski definition) is 5. The Kier molecular flexibility index (Phi) is 11.1. The Labute approximate surface area is 126 Å². The molecule has 14 heavy (non-hydrogen) atoms. The molecule has 0 aromatic rings. The van der Waals surface area contributed by atoms with E-state index in [9.17, 15) is 17.8 Å². The maximum absolute atomic E-state index is 10.7. The van der Waals surface area contributed by atoms with Crippen molar-refractivity contribution < 1.29 is 73.9 Å². The van der Waals surface area contributed by atoms with Crippen LogP contribution in [0.25, 0.3) is 0 Å². The summed E-state index contributed by atoms with van der Waals surface area (Å²) in [4.78, 5) is 10.7. The minimum Gasteiger partial charge on any atom is -0.748 e. The molecule has 0 amide bonds. The summed E-state index contributed by atoms with van der Waals surface area (Å²) in [5.74, 6) is -1.07.